The van der Waals surface area contributed by atoms with Crippen LogP contribution < -0.4 is 0 Å². The summed E-state index contributed by atoms with van der Waals surface area (Å²) in [6.07, 6.45) is 4.46. The highest BCUT2D eigenvalue weighted by Gasteiger charge is 2.17. The molecule has 1 saturated heterocycles. The highest BCUT2D eigenvalue weighted by Crippen LogP contribution is 2.12. The van der Waals surface area contributed by atoms with Crippen molar-refractivity contribution in [1.29, 1.82) is 0 Å². The normalized spacial score (nSPS) is 22.3. The molecule has 0 amide bonds. The van der Waals surface area contributed by atoms with Crippen LogP contribution in [0.1, 0.15) is 33.1 Å². The zero-order chi connectivity index (χ0) is 12.0. The van der Waals surface area contributed by atoms with Gasteiger partial charge in [0.15, 0.2) is 0 Å². The lowest BCUT2D eigenvalue weighted by Crippen LogP contribution is -2.41. The van der Waals surface area contributed by atoms with E-state index < -0.39 is 0 Å². The lowest BCUT2D eigenvalue weighted by molar-refractivity contribution is 0.00658. The molecule has 1 heterocycles. The van der Waals surface area contributed by atoms with Crippen LogP contribution >= 0.6 is 0 Å². The van der Waals surface area contributed by atoms with Gasteiger partial charge in [0.2, 0.25) is 0 Å². The van der Waals surface area contributed by atoms with Gasteiger partial charge in [-0.05, 0) is 53.9 Å². The van der Waals surface area contributed by atoms with Crippen molar-refractivity contribution in [1.82, 2.24) is 9.80 Å². The monoisotopic (exact) mass is 228 g/mol. The third-order valence-corrected chi connectivity index (χ3v) is 3.26. The Morgan fingerprint density at radius 2 is 1.75 bits per heavy atom. The molecule has 0 N–H and O–H groups in total. The number of rotatable bonds is 6. The van der Waals surface area contributed by atoms with E-state index in [1.165, 1.54) is 32.4 Å². The quantitative estimate of drug-likeness (QED) is 0.690. The smallest absolute Gasteiger partial charge is 0.0674 e. The fraction of sp³-hybridized carbons (Fsp3) is 1.00. The maximum Gasteiger partial charge on any atom is 0.0674 e. The van der Waals surface area contributed by atoms with Crippen molar-refractivity contribution in [3.05, 3.63) is 0 Å². The Morgan fingerprint density at radius 3 is 2.31 bits per heavy atom. The molecule has 2 unspecified atom stereocenters. The molecule has 96 valence electrons. The minimum absolute atomic E-state index is 0.335. The largest absolute Gasteiger partial charge is 0.376 e. The van der Waals surface area contributed by atoms with E-state index in [1.807, 2.05) is 0 Å². The van der Waals surface area contributed by atoms with Crippen molar-refractivity contribution in [2.24, 2.45) is 0 Å². The Balaban J connectivity index is 2.15. The predicted octanol–water partition coefficient (Wildman–Crippen LogP) is 1.83. The number of likely N-dealkylation sites (tertiary alicyclic amines) is 1. The summed E-state index contributed by atoms with van der Waals surface area (Å²) in [6, 6.07) is 0.574. The fourth-order valence-electron chi connectivity index (χ4n) is 2.33. The van der Waals surface area contributed by atoms with Crippen molar-refractivity contribution < 1.29 is 4.74 Å². The Hall–Kier alpha value is -0.120. The van der Waals surface area contributed by atoms with Crippen molar-refractivity contribution in [3.63, 3.8) is 0 Å². The van der Waals surface area contributed by atoms with Crippen LogP contribution in [0.4, 0.5) is 0 Å². The molecule has 3 heteroatoms. The third-order valence-electron chi connectivity index (χ3n) is 3.26. The van der Waals surface area contributed by atoms with E-state index >= 15 is 0 Å². The average Bonchev–Trinajstić information content (AvgIpc) is 2.26. The zero-order valence-corrected chi connectivity index (χ0v) is 11.4. The summed E-state index contributed by atoms with van der Waals surface area (Å²) in [5.74, 6) is 0. The van der Waals surface area contributed by atoms with Crippen molar-refractivity contribution in [2.75, 3.05) is 40.3 Å². The average molecular weight is 228 g/mol. The molecule has 0 aromatic carbocycles. The Labute approximate surface area is 101 Å². The highest BCUT2D eigenvalue weighted by molar-refractivity contribution is 4.71. The lowest BCUT2D eigenvalue weighted by atomic mass is 10.1. The third kappa shape index (κ3) is 5.28. The van der Waals surface area contributed by atoms with Crippen LogP contribution in [0.2, 0.25) is 0 Å². The number of ether oxygens (including phenoxy) is 1. The standard InChI is InChI=1S/C13H28N2O/c1-12(15-8-6-5-7-9-15)11-16-13(2)10-14(3)4/h12-13H,5-11H2,1-4H3. The molecule has 0 saturated carbocycles. The van der Waals surface area contributed by atoms with Crippen LogP contribution in [0, 0.1) is 0 Å². The molecule has 1 rings (SSSR count). The van der Waals surface area contributed by atoms with Gasteiger partial charge in [0.05, 0.1) is 12.7 Å². The molecule has 0 aromatic heterocycles. The molecule has 1 aliphatic rings. The molecule has 0 bridgehead atoms. The summed E-state index contributed by atoms with van der Waals surface area (Å²) >= 11 is 0. The number of hydrogen-bond acceptors (Lipinski definition) is 3. The lowest BCUT2D eigenvalue weighted by Gasteiger charge is -2.33. The molecular formula is C13H28N2O. The summed E-state index contributed by atoms with van der Waals surface area (Å²) in [7, 11) is 4.18. The number of nitrogens with zero attached hydrogens (tertiary/aromatic N) is 2. The van der Waals surface area contributed by atoms with Crippen LogP contribution in [0.5, 0.6) is 0 Å². The summed E-state index contributed by atoms with van der Waals surface area (Å²) in [5, 5.41) is 0. The molecule has 16 heavy (non-hydrogen) atoms. The topological polar surface area (TPSA) is 15.7 Å². The summed E-state index contributed by atoms with van der Waals surface area (Å²) in [5.41, 5.74) is 0. The Kier molecular flexibility index (Phi) is 6.32. The first-order valence-corrected chi connectivity index (χ1v) is 6.60. The molecule has 2 atom stereocenters. The van der Waals surface area contributed by atoms with Gasteiger partial charge in [0.1, 0.15) is 0 Å². The molecule has 0 radical (unpaired) electrons. The van der Waals surface area contributed by atoms with Crippen LogP contribution in [0.15, 0.2) is 0 Å². The summed E-state index contributed by atoms with van der Waals surface area (Å²) < 4.78 is 5.88. The molecule has 1 aliphatic heterocycles. The predicted molar refractivity (Wildman–Crippen MR) is 68.9 cm³/mol. The van der Waals surface area contributed by atoms with Gasteiger partial charge >= 0.3 is 0 Å². The van der Waals surface area contributed by atoms with Crippen molar-refractivity contribution in [3.8, 4) is 0 Å². The Morgan fingerprint density at radius 1 is 1.12 bits per heavy atom. The minimum Gasteiger partial charge on any atom is -0.376 e. The number of piperidine rings is 1. The van der Waals surface area contributed by atoms with Crippen LogP contribution in [0.3, 0.4) is 0 Å². The van der Waals surface area contributed by atoms with Crippen molar-refractivity contribution >= 4 is 0 Å². The maximum absolute atomic E-state index is 5.88. The van der Waals surface area contributed by atoms with Gasteiger partial charge in [0.25, 0.3) is 0 Å². The zero-order valence-electron chi connectivity index (χ0n) is 11.4. The molecule has 1 fully saturated rings. The van der Waals surface area contributed by atoms with Crippen molar-refractivity contribution in [2.45, 2.75) is 45.3 Å². The first-order valence-electron chi connectivity index (χ1n) is 6.60. The van der Waals surface area contributed by atoms with E-state index in [0.29, 0.717) is 12.1 Å². The molecule has 0 spiro atoms. The summed E-state index contributed by atoms with van der Waals surface area (Å²) in [4.78, 5) is 4.74. The van der Waals surface area contributed by atoms with Crippen LogP contribution in [0.25, 0.3) is 0 Å². The second kappa shape index (κ2) is 7.25. The number of hydrogen-bond donors (Lipinski definition) is 0. The van der Waals surface area contributed by atoms with E-state index in [0.717, 1.165) is 13.2 Å². The van der Waals surface area contributed by atoms with Gasteiger partial charge in [-0.1, -0.05) is 6.42 Å². The summed E-state index contributed by atoms with van der Waals surface area (Å²) in [6.45, 7) is 8.83. The molecule has 0 aromatic rings. The number of likely N-dealkylation sites (N-methyl/N-ethyl adjacent to an activating group) is 1. The van der Waals surface area contributed by atoms with Gasteiger partial charge in [-0.2, -0.15) is 0 Å². The minimum atomic E-state index is 0.335. The van der Waals surface area contributed by atoms with Gasteiger partial charge in [-0.25, -0.2) is 0 Å². The van der Waals surface area contributed by atoms with Gasteiger partial charge < -0.3 is 9.64 Å². The second-order valence-electron chi connectivity index (χ2n) is 5.35. The van der Waals surface area contributed by atoms with Gasteiger partial charge in [-0.3, -0.25) is 4.90 Å². The van der Waals surface area contributed by atoms with Gasteiger partial charge in [-0.15, -0.1) is 0 Å². The first kappa shape index (κ1) is 13.9. The van der Waals surface area contributed by atoms with E-state index in [9.17, 15) is 0 Å². The molecular weight excluding hydrogens is 200 g/mol. The highest BCUT2D eigenvalue weighted by atomic mass is 16.5. The van der Waals surface area contributed by atoms with E-state index in [-0.39, 0.29) is 0 Å². The second-order valence-corrected chi connectivity index (χ2v) is 5.35. The van der Waals surface area contributed by atoms with Crippen LogP contribution in [-0.2, 0) is 4.74 Å². The molecule has 0 aliphatic carbocycles. The van der Waals surface area contributed by atoms with E-state index in [2.05, 4.69) is 37.7 Å². The van der Waals surface area contributed by atoms with E-state index in [1.54, 1.807) is 0 Å². The van der Waals surface area contributed by atoms with Crippen LogP contribution in [-0.4, -0.2) is 62.3 Å². The molecule has 3 nitrogen and oxygen atoms in total. The SMILES string of the molecule is CC(CN(C)C)OCC(C)N1CCCCC1. The maximum atomic E-state index is 5.88. The first-order chi connectivity index (χ1) is 7.59. The van der Waals surface area contributed by atoms with E-state index in [4.69, 9.17) is 4.74 Å². The Bertz CT molecular complexity index is 179. The van der Waals surface area contributed by atoms with Gasteiger partial charge in [0, 0.05) is 12.6 Å². The fourth-order valence-corrected chi connectivity index (χ4v) is 2.33.